The summed E-state index contributed by atoms with van der Waals surface area (Å²) < 4.78 is 39.3. The molecule has 2 N–H and O–H groups in total. The Kier molecular flexibility index (Phi) is 3.56. The minimum atomic E-state index is -4.52. The average Bonchev–Trinajstić information content (AvgIpc) is 2.80. The summed E-state index contributed by atoms with van der Waals surface area (Å²) in [6.07, 6.45) is -3.87. The molecule has 0 unspecified atom stereocenters. The molecule has 0 aliphatic carbocycles. The smallest absolute Gasteiger partial charge is 0.393 e. The van der Waals surface area contributed by atoms with Gasteiger partial charge < -0.3 is 10.0 Å². The van der Waals surface area contributed by atoms with Crippen molar-refractivity contribution in [3.8, 4) is 0 Å². The van der Waals surface area contributed by atoms with Crippen molar-refractivity contribution in [2.75, 3.05) is 18.0 Å². The highest BCUT2D eigenvalue weighted by atomic mass is 79.9. The van der Waals surface area contributed by atoms with Crippen LogP contribution in [0.25, 0.3) is 11.0 Å². The Hall–Kier alpha value is -1.35. The molecule has 0 saturated carbocycles. The number of anilines is 1. The van der Waals surface area contributed by atoms with Crippen LogP contribution in [-0.2, 0) is 6.18 Å². The van der Waals surface area contributed by atoms with Crippen LogP contribution in [0.3, 0.4) is 0 Å². The molecule has 1 aliphatic rings. The lowest BCUT2D eigenvalue weighted by Gasteiger charge is -2.31. The second-order valence-corrected chi connectivity index (χ2v) is 5.77. The number of alkyl halides is 3. The molecule has 9 heteroatoms. The van der Waals surface area contributed by atoms with Gasteiger partial charge in [0.05, 0.1) is 11.8 Å². The molecule has 1 fully saturated rings. The number of nitrogens with one attached hydrogen (secondary N) is 1. The number of pyridine rings is 1. The van der Waals surface area contributed by atoms with E-state index in [1.54, 1.807) is 4.90 Å². The van der Waals surface area contributed by atoms with Crippen molar-refractivity contribution < 1.29 is 18.3 Å². The lowest BCUT2D eigenvalue weighted by atomic mass is 10.1. The molecule has 0 spiro atoms. The first-order valence-corrected chi connectivity index (χ1v) is 7.20. The number of aliphatic hydroxyl groups is 1. The van der Waals surface area contributed by atoms with Crippen LogP contribution in [0.5, 0.6) is 0 Å². The number of H-pyrrole nitrogens is 1. The van der Waals surface area contributed by atoms with Gasteiger partial charge in [0.1, 0.15) is 21.3 Å². The van der Waals surface area contributed by atoms with Gasteiger partial charge in [0.25, 0.3) is 0 Å². The molecule has 5 nitrogen and oxygen atoms in total. The maximum absolute atomic E-state index is 13.0. The number of aromatic amines is 1. The zero-order chi connectivity index (χ0) is 15.2. The molecular weight excluding hydrogens is 353 g/mol. The van der Waals surface area contributed by atoms with Gasteiger partial charge in [0.15, 0.2) is 0 Å². The summed E-state index contributed by atoms with van der Waals surface area (Å²) in [7, 11) is 0. The number of rotatable bonds is 1. The predicted molar refractivity (Wildman–Crippen MR) is 74.0 cm³/mol. The first-order chi connectivity index (χ1) is 9.86. The Balaban J connectivity index is 2.11. The molecule has 114 valence electrons. The van der Waals surface area contributed by atoms with Gasteiger partial charge in [0.2, 0.25) is 0 Å². The van der Waals surface area contributed by atoms with Crippen molar-refractivity contribution in [2.45, 2.75) is 25.1 Å². The number of nitrogens with zero attached hydrogens (tertiary/aromatic N) is 3. The van der Waals surface area contributed by atoms with E-state index in [4.69, 9.17) is 0 Å². The van der Waals surface area contributed by atoms with E-state index in [-0.39, 0.29) is 5.52 Å². The first-order valence-electron chi connectivity index (χ1n) is 6.41. The average molecular weight is 365 g/mol. The predicted octanol–water partition coefficient (Wildman–Crippen LogP) is 2.70. The summed E-state index contributed by atoms with van der Waals surface area (Å²) in [5, 5.41) is 16.2. The third-order valence-corrected chi connectivity index (χ3v) is 4.09. The Morgan fingerprint density at radius 2 is 1.95 bits per heavy atom. The Morgan fingerprint density at radius 3 is 2.57 bits per heavy atom. The number of piperidine rings is 1. The van der Waals surface area contributed by atoms with E-state index < -0.39 is 18.0 Å². The zero-order valence-corrected chi connectivity index (χ0v) is 12.4. The molecule has 0 amide bonds. The largest absolute Gasteiger partial charge is 0.433 e. The standard InChI is InChI=1S/C12H12BrF3N4O/c13-11-10-9(18-19-11)7(5-8(17-10)12(14,15)16)20-3-1-6(21)2-4-20/h5-6,21H,1-4H2,(H,18,19). The van der Waals surface area contributed by atoms with Gasteiger partial charge in [-0.05, 0) is 34.8 Å². The van der Waals surface area contributed by atoms with Crippen LogP contribution in [0.4, 0.5) is 18.9 Å². The Labute approximate surface area is 126 Å². The SMILES string of the molecule is OC1CCN(c2cc(C(F)(F)F)nc3c(Br)[nH]nc23)CC1. The molecule has 2 aromatic rings. The minimum Gasteiger partial charge on any atom is -0.393 e. The quantitative estimate of drug-likeness (QED) is 0.816. The molecule has 0 radical (unpaired) electrons. The van der Waals surface area contributed by atoms with E-state index in [1.165, 1.54) is 0 Å². The number of aliphatic hydroxyl groups excluding tert-OH is 1. The van der Waals surface area contributed by atoms with Crippen molar-refractivity contribution in [2.24, 2.45) is 0 Å². The van der Waals surface area contributed by atoms with Crippen molar-refractivity contribution in [3.05, 3.63) is 16.4 Å². The maximum Gasteiger partial charge on any atom is 0.433 e. The summed E-state index contributed by atoms with van der Waals surface area (Å²) in [5.41, 5.74) is -0.00314. The van der Waals surface area contributed by atoms with Crippen LogP contribution in [0, 0.1) is 0 Å². The molecular formula is C12H12BrF3N4O. The molecule has 0 aromatic carbocycles. The summed E-state index contributed by atoms with van der Waals surface area (Å²) in [4.78, 5) is 5.44. The molecule has 3 heterocycles. The third kappa shape index (κ3) is 2.71. The van der Waals surface area contributed by atoms with Crippen molar-refractivity contribution in [1.29, 1.82) is 0 Å². The third-order valence-electron chi connectivity index (χ3n) is 3.54. The molecule has 3 rings (SSSR count). The summed E-state index contributed by atoms with van der Waals surface area (Å²) in [6.45, 7) is 0.976. The Bertz CT molecular complexity index is 664. The van der Waals surface area contributed by atoms with Crippen LogP contribution in [0.15, 0.2) is 10.7 Å². The fraction of sp³-hybridized carbons (Fsp3) is 0.500. The second-order valence-electron chi connectivity index (χ2n) is 4.98. The monoisotopic (exact) mass is 364 g/mol. The molecule has 1 saturated heterocycles. The highest BCUT2D eigenvalue weighted by Gasteiger charge is 2.35. The van der Waals surface area contributed by atoms with Gasteiger partial charge in [0, 0.05) is 13.1 Å². The number of fused-ring (bicyclic) bond motifs is 1. The van der Waals surface area contributed by atoms with Gasteiger partial charge in [-0.25, -0.2) is 4.98 Å². The van der Waals surface area contributed by atoms with E-state index in [1.807, 2.05) is 0 Å². The summed E-state index contributed by atoms with van der Waals surface area (Å²) in [6, 6.07) is 1.02. The van der Waals surface area contributed by atoms with Crippen LogP contribution in [0.1, 0.15) is 18.5 Å². The van der Waals surface area contributed by atoms with Gasteiger partial charge in [-0.2, -0.15) is 18.3 Å². The van der Waals surface area contributed by atoms with Crippen LogP contribution < -0.4 is 4.90 Å². The van der Waals surface area contributed by atoms with E-state index in [0.29, 0.717) is 41.7 Å². The van der Waals surface area contributed by atoms with Gasteiger partial charge in [-0.15, -0.1) is 0 Å². The second kappa shape index (κ2) is 5.13. The highest BCUT2D eigenvalue weighted by molar-refractivity contribution is 9.10. The van der Waals surface area contributed by atoms with Crippen molar-refractivity contribution in [1.82, 2.24) is 15.2 Å². The van der Waals surface area contributed by atoms with Crippen molar-refractivity contribution in [3.63, 3.8) is 0 Å². The van der Waals surface area contributed by atoms with Crippen LogP contribution >= 0.6 is 15.9 Å². The van der Waals surface area contributed by atoms with Gasteiger partial charge >= 0.3 is 6.18 Å². The number of halogens is 4. The van der Waals surface area contributed by atoms with Gasteiger partial charge in [-0.3, -0.25) is 5.10 Å². The summed E-state index contributed by atoms with van der Waals surface area (Å²) >= 11 is 3.13. The van der Waals surface area contributed by atoms with E-state index in [9.17, 15) is 18.3 Å². The fourth-order valence-electron chi connectivity index (χ4n) is 2.44. The summed E-state index contributed by atoms with van der Waals surface area (Å²) in [5.74, 6) is 0. The molecule has 0 atom stereocenters. The molecule has 0 bridgehead atoms. The topological polar surface area (TPSA) is 65.0 Å². The van der Waals surface area contributed by atoms with Crippen LogP contribution in [0.2, 0.25) is 0 Å². The highest BCUT2D eigenvalue weighted by Crippen LogP contribution is 2.36. The lowest BCUT2D eigenvalue weighted by molar-refractivity contribution is -0.140. The first kappa shape index (κ1) is 14.6. The Morgan fingerprint density at radius 1 is 1.29 bits per heavy atom. The zero-order valence-electron chi connectivity index (χ0n) is 10.8. The number of hydrogen-bond acceptors (Lipinski definition) is 4. The van der Waals surface area contributed by atoms with E-state index >= 15 is 0 Å². The number of aromatic nitrogens is 3. The molecule has 21 heavy (non-hydrogen) atoms. The van der Waals surface area contributed by atoms with E-state index in [0.717, 1.165) is 6.07 Å². The molecule has 1 aliphatic heterocycles. The fourth-order valence-corrected chi connectivity index (χ4v) is 2.80. The normalized spacial score (nSPS) is 17.7. The van der Waals surface area contributed by atoms with Gasteiger partial charge in [-0.1, -0.05) is 0 Å². The van der Waals surface area contributed by atoms with Crippen LogP contribution in [-0.4, -0.2) is 39.5 Å². The number of hydrogen-bond donors (Lipinski definition) is 2. The maximum atomic E-state index is 13.0. The molecule has 2 aromatic heterocycles. The lowest BCUT2D eigenvalue weighted by Crippen LogP contribution is -2.36. The van der Waals surface area contributed by atoms with E-state index in [2.05, 4.69) is 31.1 Å². The van der Waals surface area contributed by atoms with Crippen molar-refractivity contribution >= 4 is 32.7 Å². The minimum absolute atomic E-state index is 0.158.